The Morgan fingerprint density at radius 3 is 2.74 bits per heavy atom. The number of hydrogen-bond donors (Lipinski definition) is 2. The summed E-state index contributed by atoms with van der Waals surface area (Å²) in [5, 5.41) is 3.12. The summed E-state index contributed by atoms with van der Waals surface area (Å²) in [6.07, 6.45) is 6.80. The van der Waals surface area contributed by atoms with E-state index in [0.717, 1.165) is 25.3 Å². The first kappa shape index (κ1) is 13.6. The molecule has 1 aliphatic carbocycles. The predicted molar refractivity (Wildman–Crippen MR) is 67.8 cm³/mol. The molecule has 0 spiro atoms. The maximum Gasteiger partial charge on any atom is 0.387 e. The van der Waals surface area contributed by atoms with Crippen LogP contribution in [0.1, 0.15) is 19.3 Å². The van der Waals surface area contributed by atoms with Crippen molar-refractivity contribution in [2.24, 2.45) is 0 Å². The van der Waals surface area contributed by atoms with E-state index in [1.165, 1.54) is 6.07 Å². The summed E-state index contributed by atoms with van der Waals surface area (Å²) in [5.41, 5.74) is 6.26. The van der Waals surface area contributed by atoms with E-state index >= 15 is 0 Å². The molecule has 0 aromatic heterocycles. The van der Waals surface area contributed by atoms with E-state index in [1.54, 1.807) is 0 Å². The van der Waals surface area contributed by atoms with Gasteiger partial charge in [-0.2, -0.15) is 8.78 Å². The number of halogens is 3. The number of benzene rings is 1. The molecule has 1 unspecified atom stereocenters. The molecule has 1 atom stereocenters. The van der Waals surface area contributed by atoms with Crippen LogP contribution in [0.15, 0.2) is 24.3 Å². The van der Waals surface area contributed by atoms with Crippen molar-refractivity contribution in [3.63, 3.8) is 0 Å². The van der Waals surface area contributed by atoms with E-state index in [-0.39, 0.29) is 11.7 Å². The molecule has 0 aliphatic heterocycles. The summed E-state index contributed by atoms with van der Waals surface area (Å²) in [6.45, 7) is -3.07. The fraction of sp³-hybridized carbons (Fsp3) is 0.385. The van der Waals surface area contributed by atoms with Crippen LogP contribution in [0.3, 0.4) is 0 Å². The standard InChI is InChI=1S/C13H15F3N2O/c14-9-6-10(17)11(7-12(9)19-13(15)16)18-8-4-2-1-3-5-8/h1-2,6-8,13,18H,3-5,17H2. The zero-order valence-corrected chi connectivity index (χ0v) is 10.2. The van der Waals surface area contributed by atoms with Crippen molar-refractivity contribution in [2.45, 2.75) is 31.9 Å². The van der Waals surface area contributed by atoms with E-state index in [0.29, 0.717) is 5.69 Å². The van der Waals surface area contributed by atoms with Crippen molar-refractivity contribution < 1.29 is 17.9 Å². The molecule has 0 saturated heterocycles. The van der Waals surface area contributed by atoms with Crippen LogP contribution in [0.4, 0.5) is 24.5 Å². The molecule has 6 heteroatoms. The molecule has 1 aliphatic rings. The normalized spacial score (nSPS) is 18.6. The highest BCUT2D eigenvalue weighted by atomic mass is 19.3. The molecule has 0 heterocycles. The van der Waals surface area contributed by atoms with Crippen molar-refractivity contribution in [3.05, 3.63) is 30.1 Å². The Morgan fingerprint density at radius 1 is 1.32 bits per heavy atom. The van der Waals surface area contributed by atoms with E-state index in [9.17, 15) is 13.2 Å². The van der Waals surface area contributed by atoms with E-state index in [1.807, 2.05) is 6.08 Å². The largest absolute Gasteiger partial charge is 0.432 e. The molecule has 2 rings (SSSR count). The van der Waals surface area contributed by atoms with Crippen LogP contribution >= 0.6 is 0 Å². The second-order valence-corrected chi connectivity index (χ2v) is 4.37. The second-order valence-electron chi connectivity index (χ2n) is 4.37. The third-order valence-electron chi connectivity index (χ3n) is 2.95. The highest BCUT2D eigenvalue weighted by Crippen LogP contribution is 2.30. The SMILES string of the molecule is Nc1cc(F)c(OC(F)F)cc1NC1CC=CCC1. The smallest absolute Gasteiger partial charge is 0.387 e. The lowest BCUT2D eigenvalue weighted by molar-refractivity contribution is -0.0521. The molecule has 104 valence electrons. The maximum absolute atomic E-state index is 13.4. The molecule has 0 radical (unpaired) electrons. The number of nitrogen functional groups attached to an aromatic ring is 1. The molecule has 0 saturated carbocycles. The topological polar surface area (TPSA) is 47.3 Å². The fourth-order valence-corrected chi connectivity index (χ4v) is 2.02. The quantitative estimate of drug-likeness (QED) is 0.651. The third-order valence-corrected chi connectivity index (χ3v) is 2.95. The molecule has 1 aromatic rings. The van der Waals surface area contributed by atoms with Crippen LogP contribution in [-0.4, -0.2) is 12.7 Å². The van der Waals surface area contributed by atoms with Crippen molar-refractivity contribution >= 4 is 11.4 Å². The lowest BCUT2D eigenvalue weighted by Crippen LogP contribution is -2.21. The molecule has 0 fully saturated rings. The summed E-state index contributed by atoms with van der Waals surface area (Å²) in [5.74, 6) is -1.40. The van der Waals surface area contributed by atoms with Crippen LogP contribution in [0, 0.1) is 5.82 Å². The molecular formula is C13H15F3N2O. The minimum Gasteiger partial charge on any atom is -0.432 e. The predicted octanol–water partition coefficient (Wildman–Crippen LogP) is 3.53. The Morgan fingerprint density at radius 2 is 2.11 bits per heavy atom. The zero-order valence-electron chi connectivity index (χ0n) is 10.2. The summed E-state index contributed by atoms with van der Waals surface area (Å²) in [4.78, 5) is 0. The number of alkyl halides is 2. The lowest BCUT2D eigenvalue weighted by Gasteiger charge is -2.22. The number of anilines is 2. The van der Waals surface area contributed by atoms with E-state index in [4.69, 9.17) is 5.73 Å². The average molecular weight is 272 g/mol. The Balaban J connectivity index is 2.16. The van der Waals surface area contributed by atoms with Crippen LogP contribution in [0.5, 0.6) is 5.75 Å². The molecule has 3 N–H and O–H groups in total. The molecule has 1 aromatic carbocycles. The van der Waals surface area contributed by atoms with Gasteiger partial charge in [0.2, 0.25) is 0 Å². The zero-order chi connectivity index (χ0) is 13.8. The molecule has 0 amide bonds. The van der Waals surface area contributed by atoms with Crippen molar-refractivity contribution in [1.82, 2.24) is 0 Å². The van der Waals surface area contributed by atoms with Crippen molar-refractivity contribution in [3.8, 4) is 5.75 Å². The van der Waals surface area contributed by atoms with Crippen molar-refractivity contribution in [2.75, 3.05) is 11.1 Å². The minimum atomic E-state index is -3.07. The van der Waals surface area contributed by atoms with Gasteiger partial charge in [0, 0.05) is 18.2 Å². The van der Waals surface area contributed by atoms with Gasteiger partial charge in [-0.05, 0) is 19.3 Å². The summed E-state index contributed by atoms with van der Waals surface area (Å²) < 4.78 is 41.8. The van der Waals surface area contributed by atoms with Gasteiger partial charge in [-0.15, -0.1) is 0 Å². The average Bonchev–Trinajstić information content (AvgIpc) is 2.36. The monoisotopic (exact) mass is 272 g/mol. The van der Waals surface area contributed by atoms with Gasteiger partial charge in [0.1, 0.15) is 0 Å². The number of hydrogen-bond acceptors (Lipinski definition) is 3. The first-order valence-corrected chi connectivity index (χ1v) is 6.01. The van der Waals surface area contributed by atoms with Crippen LogP contribution in [0.2, 0.25) is 0 Å². The Bertz CT molecular complexity index is 477. The third kappa shape index (κ3) is 3.56. The number of nitrogens with one attached hydrogen (secondary N) is 1. The Hall–Kier alpha value is -1.85. The molecule has 0 bridgehead atoms. The van der Waals surface area contributed by atoms with Gasteiger partial charge in [-0.25, -0.2) is 4.39 Å². The highest BCUT2D eigenvalue weighted by Gasteiger charge is 2.16. The van der Waals surface area contributed by atoms with Crippen LogP contribution in [0.25, 0.3) is 0 Å². The van der Waals surface area contributed by atoms with Gasteiger partial charge >= 0.3 is 6.61 Å². The highest BCUT2D eigenvalue weighted by molar-refractivity contribution is 5.69. The maximum atomic E-state index is 13.4. The lowest BCUT2D eigenvalue weighted by atomic mass is 10.0. The first-order valence-electron chi connectivity index (χ1n) is 6.01. The van der Waals surface area contributed by atoms with Crippen molar-refractivity contribution in [1.29, 1.82) is 0 Å². The number of allylic oxidation sites excluding steroid dienone is 1. The van der Waals surface area contributed by atoms with Gasteiger partial charge in [0.15, 0.2) is 11.6 Å². The molecule has 3 nitrogen and oxygen atoms in total. The van der Waals surface area contributed by atoms with Gasteiger partial charge in [-0.3, -0.25) is 0 Å². The number of nitrogens with two attached hydrogens (primary N) is 1. The van der Waals surface area contributed by atoms with Crippen LogP contribution in [-0.2, 0) is 0 Å². The summed E-state index contributed by atoms with van der Waals surface area (Å²) in [7, 11) is 0. The number of ether oxygens (including phenoxy) is 1. The summed E-state index contributed by atoms with van der Waals surface area (Å²) in [6, 6.07) is 2.32. The second kappa shape index (κ2) is 5.86. The van der Waals surface area contributed by atoms with Gasteiger partial charge < -0.3 is 15.8 Å². The first-order chi connectivity index (χ1) is 9.06. The van der Waals surface area contributed by atoms with Gasteiger partial charge in [0.25, 0.3) is 0 Å². The summed E-state index contributed by atoms with van der Waals surface area (Å²) >= 11 is 0. The Labute approximate surface area is 109 Å². The van der Waals surface area contributed by atoms with Gasteiger partial charge in [-0.1, -0.05) is 12.2 Å². The minimum absolute atomic E-state index is 0.164. The van der Waals surface area contributed by atoms with Gasteiger partial charge in [0.05, 0.1) is 11.4 Å². The van der Waals surface area contributed by atoms with Crippen LogP contribution < -0.4 is 15.8 Å². The molecular weight excluding hydrogens is 257 g/mol. The van der Waals surface area contributed by atoms with E-state index < -0.39 is 18.2 Å². The fourth-order valence-electron chi connectivity index (χ4n) is 2.02. The number of rotatable bonds is 4. The molecule has 19 heavy (non-hydrogen) atoms. The van der Waals surface area contributed by atoms with E-state index in [2.05, 4.69) is 16.1 Å². The Kier molecular flexibility index (Phi) is 4.19.